The molecule has 1 N–H and O–H groups in total. The van der Waals surface area contributed by atoms with Crippen LogP contribution in [0.4, 0.5) is 5.69 Å². The number of benzene rings is 2. The number of ether oxygens (including phenoxy) is 1. The molecule has 0 unspecified atom stereocenters. The Labute approximate surface area is 150 Å². The largest absolute Gasteiger partial charge is 0.455 e. The van der Waals surface area contributed by atoms with Crippen molar-refractivity contribution in [3.05, 3.63) is 64.1 Å². The van der Waals surface area contributed by atoms with E-state index in [0.717, 1.165) is 15.6 Å². The standard InChI is InChI=1S/C19H20BrNO3/c1-13-11-15(20)9-10-16(13)21-17(22)12-24-18(23)19(2,3)14-7-5-4-6-8-14/h4-11H,12H2,1-3H3,(H,21,22). The van der Waals surface area contributed by atoms with Gasteiger partial charge in [0, 0.05) is 10.2 Å². The van der Waals surface area contributed by atoms with Gasteiger partial charge in [-0.05, 0) is 50.1 Å². The van der Waals surface area contributed by atoms with E-state index in [4.69, 9.17) is 4.74 Å². The summed E-state index contributed by atoms with van der Waals surface area (Å²) in [6.07, 6.45) is 0. The fourth-order valence-corrected chi connectivity index (χ4v) is 2.71. The molecule has 0 aliphatic heterocycles. The van der Waals surface area contributed by atoms with Crippen LogP contribution in [-0.4, -0.2) is 18.5 Å². The van der Waals surface area contributed by atoms with E-state index in [1.807, 2.05) is 49.4 Å². The predicted molar refractivity (Wildman–Crippen MR) is 97.9 cm³/mol. The number of nitrogens with one attached hydrogen (secondary N) is 1. The van der Waals surface area contributed by atoms with Crippen LogP contribution in [0.15, 0.2) is 53.0 Å². The van der Waals surface area contributed by atoms with Gasteiger partial charge in [0.2, 0.25) is 0 Å². The molecule has 2 rings (SSSR count). The number of hydrogen-bond acceptors (Lipinski definition) is 3. The summed E-state index contributed by atoms with van der Waals surface area (Å²) in [5.41, 5.74) is 1.66. The van der Waals surface area contributed by atoms with Crippen molar-refractivity contribution >= 4 is 33.5 Å². The molecular formula is C19H20BrNO3. The van der Waals surface area contributed by atoms with Crippen LogP contribution in [0.3, 0.4) is 0 Å². The summed E-state index contributed by atoms with van der Waals surface area (Å²) in [6.45, 7) is 5.14. The second-order valence-electron chi connectivity index (χ2n) is 6.07. The number of esters is 1. The van der Waals surface area contributed by atoms with Gasteiger partial charge >= 0.3 is 5.97 Å². The highest BCUT2D eigenvalue weighted by molar-refractivity contribution is 9.10. The lowest BCUT2D eigenvalue weighted by Crippen LogP contribution is -2.33. The molecule has 0 aliphatic rings. The molecule has 0 atom stereocenters. The van der Waals surface area contributed by atoms with Crippen LogP contribution in [0.25, 0.3) is 0 Å². The Morgan fingerprint density at radius 3 is 2.42 bits per heavy atom. The topological polar surface area (TPSA) is 55.4 Å². The number of halogens is 1. The highest BCUT2D eigenvalue weighted by atomic mass is 79.9. The summed E-state index contributed by atoms with van der Waals surface area (Å²) in [5.74, 6) is -0.797. The smallest absolute Gasteiger partial charge is 0.316 e. The average molecular weight is 390 g/mol. The van der Waals surface area contributed by atoms with Crippen LogP contribution >= 0.6 is 15.9 Å². The number of carbonyl (C=O) groups is 2. The number of aryl methyl sites for hydroxylation is 1. The van der Waals surface area contributed by atoms with Crippen molar-refractivity contribution < 1.29 is 14.3 Å². The Morgan fingerprint density at radius 1 is 1.12 bits per heavy atom. The normalized spacial score (nSPS) is 11.0. The van der Waals surface area contributed by atoms with E-state index >= 15 is 0 Å². The highest BCUT2D eigenvalue weighted by Gasteiger charge is 2.31. The number of anilines is 1. The Hall–Kier alpha value is -2.14. The van der Waals surface area contributed by atoms with Gasteiger partial charge in [-0.1, -0.05) is 46.3 Å². The van der Waals surface area contributed by atoms with Crippen LogP contribution in [0, 0.1) is 6.92 Å². The second-order valence-corrected chi connectivity index (χ2v) is 6.99. The zero-order valence-corrected chi connectivity index (χ0v) is 15.5. The molecule has 0 saturated heterocycles. The van der Waals surface area contributed by atoms with Gasteiger partial charge in [0.05, 0.1) is 5.41 Å². The quantitative estimate of drug-likeness (QED) is 0.778. The van der Waals surface area contributed by atoms with Crippen molar-refractivity contribution in [2.45, 2.75) is 26.2 Å². The third-order valence-electron chi connectivity index (χ3n) is 3.80. The van der Waals surface area contributed by atoms with Gasteiger partial charge in [0.15, 0.2) is 6.61 Å². The number of amides is 1. The third-order valence-corrected chi connectivity index (χ3v) is 4.30. The van der Waals surface area contributed by atoms with Crippen LogP contribution in [0.1, 0.15) is 25.0 Å². The lowest BCUT2D eigenvalue weighted by atomic mass is 9.85. The first kappa shape index (κ1) is 18.2. The van der Waals surface area contributed by atoms with E-state index in [-0.39, 0.29) is 12.5 Å². The Kier molecular flexibility index (Phi) is 5.78. The number of rotatable bonds is 5. The summed E-state index contributed by atoms with van der Waals surface area (Å²) in [4.78, 5) is 24.3. The first-order valence-electron chi connectivity index (χ1n) is 7.59. The molecule has 0 fully saturated rings. The zero-order valence-electron chi connectivity index (χ0n) is 13.9. The molecule has 4 nitrogen and oxygen atoms in total. The summed E-state index contributed by atoms with van der Waals surface area (Å²) in [5, 5.41) is 2.75. The van der Waals surface area contributed by atoms with Crippen LogP contribution in [0.5, 0.6) is 0 Å². The van der Waals surface area contributed by atoms with Gasteiger partial charge in [0.25, 0.3) is 5.91 Å². The van der Waals surface area contributed by atoms with E-state index in [1.165, 1.54) is 0 Å². The van der Waals surface area contributed by atoms with Gasteiger partial charge < -0.3 is 10.1 Å². The van der Waals surface area contributed by atoms with Crippen molar-refractivity contribution in [3.8, 4) is 0 Å². The minimum Gasteiger partial charge on any atom is -0.455 e. The second kappa shape index (κ2) is 7.62. The first-order valence-corrected chi connectivity index (χ1v) is 8.39. The Bertz CT molecular complexity index is 742. The predicted octanol–water partition coefficient (Wildman–Crippen LogP) is 4.22. The van der Waals surface area contributed by atoms with Crippen LogP contribution in [0.2, 0.25) is 0 Å². The molecular weight excluding hydrogens is 370 g/mol. The van der Waals surface area contributed by atoms with Gasteiger partial charge in [-0.15, -0.1) is 0 Å². The van der Waals surface area contributed by atoms with Crippen LogP contribution in [-0.2, 0) is 19.7 Å². The van der Waals surface area contributed by atoms with Crippen molar-refractivity contribution in [2.75, 3.05) is 11.9 Å². The summed E-state index contributed by atoms with van der Waals surface area (Å²) >= 11 is 3.37. The molecule has 0 aliphatic carbocycles. The maximum atomic E-state index is 12.3. The summed E-state index contributed by atoms with van der Waals surface area (Å²) in [7, 11) is 0. The fraction of sp³-hybridized carbons (Fsp3) is 0.263. The van der Waals surface area contributed by atoms with Gasteiger partial charge in [-0.25, -0.2) is 0 Å². The highest BCUT2D eigenvalue weighted by Crippen LogP contribution is 2.24. The maximum absolute atomic E-state index is 12.3. The third kappa shape index (κ3) is 4.45. The summed E-state index contributed by atoms with van der Waals surface area (Å²) < 4.78 is 6.14. The molecule has 5 heteroatoms. The van der Waals surface area contributed by atoms with E-state index in [9.17, 15) is 9.59 Å². The van der Waals surface area contributed by atoms with Crippen molar-refractivity contribution in [3.63, 3.8) is 0 Å². The van der Waals surface area contributed by atoms with Gasteiger partial charge in [-0.3, -0.25) is 9.59 Å². The van der Waals surface area contributed by atoms with E-state index in [1.54, 1.807) is 19.9 Å². The minimum absolute atomic E-state index is 0.315. The molecule has 0 bridgehead atoms. The fourth-order valence-electron chi connectivity index (χ4n) is 2.24. The maximum Gasteiger partial charge on any atom is 0.316 e. The molecule has 1 amide bonds. The van der Waals surface area contributed by atoms with Gasteiger partial charge in [-0.2, -0.15) is 0 Å². The number of hydrogen-bond donors (Lipinski definition) is 1. The molecule has 0 heterocycles. The molecule has 0 aromatic heterocycles. The molecule has 0 spiro atoms. The Balaban J connectivity index is 1.95. The van der Waals surface area contributed by atoms with Crippen LogP contribution < -0.4 is 5.32 Å². The van der Waals surface area contributed by atoms with Gasteiger partial charge in [0.1, 0.15) is 0 Å². The minimum atomic E-state index is -0.810. The molecule has 0 radical (unpaired) electrons. The molecule has 24 heavy (non-hydrogen) atoms. The van der Waals surface area contributed by atoms with Crippen molar-refractivity contribution in [1.29, 1.82) is 0 Å². The molecule has 0 saturated carbocycles. The molecule has 2 aromatic rings. The van der Waals surface area contributed by atoms with Crippen molar-refractivity contribution in [2.24, 2.45) is 0 Å². The van der Waals surface area contributed by atoms with Crippen molar-refractivity contribution in [1.82, 2.24) is 0 Å². The first-order chi connectivity index (χ1) is 11.3. The van der Waals surface area contributed by atoms with E-state index in [2.05, 4.69) is 21.2 Å². The summed E-state index contributed by atoms with van der Waals surface area (Å²) in [6, 6.07) is 14.9. The molecule has 2 aromatic carbocycles. The average Bonchev–Trinajstić information content (AvgIpc) is 2.56. The number of carbonyl (C=O) groups excluding carboxylic acids is 2. The lowest BCUT2D eigenvalue weighted by Gasteiger charge is -2.22. The van der Waals surface area contributed by atoms with E-state index < -0.39 is 11.4 Å². The van der Waals surface area contributed by atoms with E-state index in [0.29, 0.717) is 5.69 Å². The lowest BCUT2D eigenvalue weighted by molar-refractivity contribution is -0.152. The zero-order chi connectivity index (χ0) is 17.7. The monoisotopic (exact) mass is 389 g/mol. The SMILES string of the molecule is Cc1cc(Br)ccc1NC(=O)COC(=O)C(C)(C)c1ccccc1. The molecule has 126 valence electrons. The Morgan fingerprint density at radius 2 is 1.79 bits per heavy atom.